The van der Waals surface area contributed by atoms with Gasteiger partial charge in [-0.3, -0.25) is 13.6 Å². The fourth-order valence-electron chi connectivity index (χ4n) is 3.38. The van der Waals surface area contributed by atoms with E-state index in [0.717, 1.165) is 0 Å². The minimum Gasteiger partial charge on any atom is -0.461 e. The lowest BCUT2D eigenvalue weighted by molar-refractivity contribution is -0.156. The van der Waals surface area contributed by atoms with E-state index < -0.39 is 74.0 Å². The summed E-state index contributed by atoms with van der Waals surface area (Å²) in [5.41, 5.74) is 1.59. The third kappa shape index (κ3) is 6.39. The van der Waals surface area contributed by atoms with Crippen molar-refractivity contribution in [1.29, 1.82) is 0 Å². The van der Waals surface area contributed by atoms with Crippen molar-refractivity contribution in [3.05, 3.63) is 52.8 Å². The Morgan fingerprint density at radius 3 is 2.63 bits per heavy atom. The van der Waals surface area contributed by atoms with Gasteiger partial charge in [-0.2, -0.15) is 4.98 Å². The van der Waals surface area contributed by atoms with Crippen LogP contribution in [0.15, 0.2) is 41.3 Å². The Hall–Kier alpha value is -3.31. The lowest BCUT2D eigenvalue weighted by atomic mass is 9.95. The van der Waals surface area contributed by atoms with E-state index in [0.29, 0.717) is 10.8 Å². The molecule has 1 unspecified atom stereocenters. The first-order valence-corrected chi connectivity index (χ1v) is 12.7. The summed E-state index contributed by atoms with van der Waals surface area (Å²) in [6, 6.07) is 7.71. The molecule has 0 aliphatic carbocycles. The number of aliphatic hydroxyl groups is 2. The molecular weight excluding hydrogens is 528 g/mol. The zero-order valence-corrected chi connectivity index (χ0v) is 21.5. The summed E-state index contributed by atoms with van der Waals surface area (Å²) >= 11 is 0. The van der Waals surface area contributed by atoms with Crippen LogP contribution in [0.4, 0.5) is 10.2 Å². The molecule has 1 saturated heterocycles. The topological polar surface area (TPSA) is 182 Å². The molecule has 15 heteroatoms. The van der Waals surface area contributed by atoms with Gasteiger partial charge in [0.1, 0.15) is 18.0 Å². The summed E-state index contributed by atoms with van der Waals surface area (Å²) in [5, 5.41) is 21.6. The number of hydrogen-bond donors (Lipinski definition) is 3. The molecule has 3 rings (SSSR count). The normalized spacial score (nSPS) is 25.4. The van der Waals surface area contributed by atoms with E-state index in [1.807, 2.05) is 5.92 Å². The SMILES string of the molecule is C#CC1(O)[C@@H](O)[C@@H](CO[P@](=O)(Oc2ccccc2)O[C@@H](C)C(=O)OC(C)C)O[C@H]1n1cc(F)c(N)nc1=O. The maximum atomic E-state index is 14.0. The van der Waals surface area contributed by atoms with Gasteiger partial charge in [0.15, 0.2) is 29.6 Å². The molecule has 2 heterocycles. The highest BCUT2D eigenvalue weighted by molar-refractivity contribution is 7.49. The van der Waals surface area contributed by atoms with Crippen LogP contribution in [0.5, 0.6) is 5.75 Å². The number of carbonyl (C=O) groups is 1. The van der Waals surface area contributed by atoms with Crippen molar-refractivity contribution in [1.82, 2.24) is 9.55 Å². The lowest BCUT2D eigenvalue weighted by Crippen LogP contribution is -2.47. The molecule has 1 aliphatic rings. The second-order valence-corrected chi connectivity index (χ2v) is 10.0. The number of rotatable bonds is 10. The number of ether oxygens (including phenoxy) is 2. The van der Waals surface area contributed by atoms with Gasteiger partial charge in [-0.1, -0.05) is 24.1 Å². The first-order chi connectivity index (χ1) is 17.8. The van der Waals surface area contributed by atoms with Gasteiger partial charge in [-0.15, -0.1) is 6.42 Å². The van der Waals surface area contributed by atoms with Crippen LogP contribution in [0, 0.1) is 18.2 Å². The number of halogens is 1. The number of hydrogen-bond acceptors (Lipinski definition) is 12. The minimum atomic E-state index is -4.62. The van der Waals surface area contributed by atoms with E-state index in [1.54, 1.807) is 32.0 Å². The minimum absolute atomic E-state index is 0.0566. The van der Waals surface area contributed by atoms with Crippen LogP contribution in [0.2, 0.25) is 0 Å². The number of anilines is 1. The molecule has 1 aromatic carbocycles. The fourth-order valence-corrected chi connectivity index (χ4v) is 4.72. The number of benzene rings is 1. The van der Waals surface area contributed by atoms with Crippen molar-refractivity contribution in [2.75, 3.05) is 12.3 Å². The van der Waals surface area contributed by atoms with Gasteiger partial charge in [0.2, 0.25) is 0 Å². The smallest absolute Gasteiger partial charge is 0.461 e. The maximum Gasteiger partial charge on any atom is 0.530 e. The highest BCUT2D eigenvalue weighted by Crippen LogP contribution is 2.51. The molecule has 206 valence electrons. The summed E-state index contributed by atoms with van der Waals surface area (Å²) in [7, 11) is -4.62. The van der Waals surface area contributed by atoms with Crippen LogP contribution in [0.3, 0.4) is 0 Å². The Morgan fingerprint density at radius 1 is 1.37 bits per heavy atom. The average molecular weight is 555 g/mol. The zero-order valence-electron chi connectivity index (χ0n) is 20.6. The summed E-state index contributed by atoms with van der Waals surface area (Å²) < 4.78 is 54.7. The molecule has 13 nitrogen and oxygen atoms in total. The molecular formula is C23H27FN3O10P. The van der Waals surface area contributed by atoms with E-state index in [4.69, 9.17) is 35.2 Å². The number of nitrogens with zero attached hydrogens (tertiary/aromatic N) is 2. The standard InChI is InChI=1S/C23H27FN3O10P/c1-5-23(31)18(28)17(35-21(23)27-11-16(24)19(25)26-22(27)30)12-33-38(32,37-15-9-7-6-8-10-15)36-14(4)20(29)34-13(2)3/h1,6-11,13-14,17-18,21,28,31H,12H2,2-4H3,(H2,25,26,30)/t14-,17+,18-,21+,23?,38-/m0/s1. The number of phosphoric acid groups is 1. The van der Waals surface area contributed by atoms with E-state index in [2.05, 4.69) is 4.98 Å². The molecule has 38 heavy (non-hydrogen) atoms. The first-order valence-electron chi connectivity index (χ1n) is 11.3. The van der Waals surface area contributed by atoms with E-state index in [9.17, 15) is 28.8 Å². The number of aliphatic hydroxyl groups excluding tert-OH is 1. The van der Waals surface area contributed by atoms with Crippen LogP contribution >= 0.6 is 7.82 Å². The average Bonchev–Trinajstić information content (AvgIpc) is 3.10. The number of nitrogen functional groups attached to an aromatic ring is 1. The van der Waals surface area contributed by atoms with Crippen LogP contribution in [0.1, 0.15) is 27.0 Å². The number of terminal acetylenes is 1. The third-order valence-corrected chi connectivity index (χ3v) is 6.70. The first kappa shape index (κ1) is 29.2. The Kier molecular flexibility index (Phi) is 8.94. The predicted octanol–water partition coefficient (Wildman–Crippen LogP) is 1.15. The third-order valence-electron chi connectivity index (χ3n) is 5.23. The summed E-state index contributed by atoms with van der Waals surface area (Å²) in [6.07, 6.45) is -1.19. The molecule has 1 fully saturated rings. The highest BCUT2D eigenvalue weighted by atomic mass is 31.2. The Labute approximate surface area is 216 Å². The highest BCUT2D eigenvalue weighted by Gasteiger charge is 2.56. The number of nitrogens with two attached hydrogens (primary N) is 1. The number of carbonyl (C=O) groups excluding carboxylic acids is 1. The molecule has 1 aromatic heterocycles. The van der Waals surface area contributed by atoms with Crippen molar-refractivity contribution < 1.29 is 47.0 Å². The molecule has 0 bridgehead atoms. The second-order valence-electron chi connectivity index (χ2n) is 8.49. The van der Waals surface area contributed by atoms with Crippen LogP contribution in [-0.4, -0.2) is 62.4 Å². The molecule has 0 radical (unpaired) electrons. The van der Waals surface area contributed by atoms with Gasteiger partial charge in [-0.25, -0.2) is 18.5 Å². The van der Waals surface area contributed by atoms with Gasteiger partial charge in [0.25, 0.3) is 0 Å². The van der Waals surface area contributed by atoms with Crippen LogP contribution in [-0.2, 0) is 27.9 Å². The Balaban J connectivity index is 1.85. The lowest BCUT2D eigenvalue weighted by Gasteiger charge is -2.26. The number of esters is 1. The molecule has 0 saturated carbocycles. The number of para-hydroxylation sites is 1. The summed E-state index contributed by atoms with van der Waals surface area (Å²) in [6.45, 7) is 3.70. The Bertz CT molecular complexity index is 1300. The fraction of sp³-hybridized carbons (Fsp3) is 0.435. The van der Waals surface area contributed by atoms with Crippen molar-refractivity contribution in [3.63, 3.8) is 0 Å². The van der Waals surface area contributed by atoms with Crippen molar-refractivity contribution in [3.8, 4) is 18.1 Å². The Morgan fingerprint density at radius 2 is 2.03 bits per heavy atom. The number of phosphoric ester groups is 1. The molecule has 4 N–H and O–H groups in total. The van der Waals surface area contributed by atoms with Crippen LogP contribution < -0.4 is 15.9 Å². The quantitative estimate of drug-likeness (QED) is 0.216. The molecule has 1 aliphatic heterocycles. The molecule has 6 atom stereocenters. The van der Waals surface area contributed by atoms with Gasteiger partial charge >= 0.3 is 19.5 Å². The van der Waals surface area contributed by atoms with Crippen molar-refractivity contribution in [2.45, 2.75) is 57.0 Å². The predicted molar refractivity (Wildman–Crippen MR) is 129 cm³/mol. The van der Waals surface area contributed by atoms with Gasteiger partial charge < -0.3 is 29.9 Å². The second kappa shape index (κ2) is 11.6. The van der Waals surface area contributed by atoms with Gasteiger partial charge in [0.05, 0.1) is 18.9 Å². The maximum absolute atomic E-state index is 14.0. The van der Waals surface area contributed by atoms with E-state index in [1.165, 1.54) is 19.1 Å². The zero-order chi connectivity index (χ0) is 28.3. The van der Waals surface area contributed by atoms with E-state index in [-0.39, 0.29) is 5.75 Å². The monoisotopic (exact) mass is 555 g/mol. The largest absolute Gasteiger partial charge is 0.530 e. The molecule has 2 aromatic rings. The number of aromatic nitrogens is 2. The molecule has 0 amide bonds. The van der Waals surface area contributed by atoms with Gasteiger partial charge in [-0.05, 0) is 32.9 Å². The molecule has 0 spiro atoms. The van der Waals surface area contributed by atoms with Crippen LogP contribution in [0.25, 0.3) is 0 Å². The van der Waals surface area contributed by atoms with Gasteiger partial charge in [0, 0.05) is 0 Å². The summed E-state index contributed by atoms with van der Waals surface area (Å²) in [5.74, 6) is -0.682. The summed E-state index contributed by atoms with van der Waals surface area (Å²) in [4.78, 5) is 27.8. The van der Waals surface area contributed by atoms with Crippen molar-refractivity contribution in [2.24, 2.45) is 0 Å². The van der Waals surface area contributed by atoms with E-state index >= 15 is 0 Å². The van der Waals surface area contributed by atoms with Crippen molar-refractivity contribution >= 4 is 19.6 Å².